The summed E-state index contributed by atoms with van der Waals surface area (Å²) in [6, 6.07) is 9.86. The smallest absolute Gasteiger partial charge is 0.426 e. The molecule has 2 aromatic rings. The number of hydrogen-bond acceptors (Lipinski definition) is 3. The van der Waals surface area contributed by atoms with Crippen LogP contribution in [0.15, 0.2) is 42.5 Å². The summed E-state index contributed by atoms with van der Waals surface area (Å²) in [7, 11) is 0. The van der Waals surface area contributed by atoms with Gasteiger partial charge in [0.1, 0.15) is 5.82 Å². The molecule has 5 nitrogen and oxygen atoms in total. The fraction of sp³-hybridized carbons (Fsp3) is 0.548. The normalized spacial score (nSPS) is 27.6. The Bertz CT molecular complexity index is 1300. The first-order chi connectivity index (χ1) is 19.3. The Morgan fingerprint density at radius 3 is 2.22 bits per heavy atom. The van der Waals surface area contributed by atoms with E-state index in [4.69, 9.17) is 0 Å². The Hall–Kier alpha value is -3.17. The van der Waals surface area contributed by atoms with Gasteiger partial charge in [0.05, 0.1) is 12.0 Å². The van der Waals surface area contributed by atoms with Crippen molar-refractivity contribution in [3.8, 4) is 0 Å². The highest BCUT2D eigenvalue weighted by Crippen LogP contribution is 2.52. The fourth-order valence-electron chi connectivity index (χ4n) is 7.16. The number of likely N-dealkylation sites (tertiary alicyclic amines) is 1. The van der Waals surface area contributed by atoms with E-state index < -0.39 is 34.7 Å². The number of carboxylic acid groups (broad SMARTS) is 1. The number of carboxylic acids is 1. The second-order valence-electron chi connectivity index (χ2n) is 11.9. The monoisotopic (exact) mass is 578 g/mol. The largest absolute Gasteiger partial charge is 0.481 e. The molecule has 0 spiro atoms. The van der Waals surface area contributed by atoms with Crippen LogP contribution < -0.4 is 4.90 Å². The van der Waals surface area contributed by atoms with Gasteiger partial charge in [-0.2, -0.15) is 13.2 Å². The molecule has 1 amide bonds. The van der Waals surface area contributed by atoms with E-state index in [1.54, 1.807) is 18.2 Å². The van der Waals surface area contributed by atoms with E-state index >= 15 is 4.39 Å². The van der Waals surface area contributed by atoms with Gasteiger partial charge >= 0.3 is 12.1 Å². The molecule has 1 saturated heterocycles. The maximum atomic E-state index is 15.1. The van der Waals surface area contributed by atoms with Crippen LogP contribution in [0.3, 0.4) is 0 Å². The molecule has 3 aliphatic rings. The number of likely N-dealkylation sites (N-methyl/N-ethyl adjacent to an activating group) is 1. The Kier molecular flexibility index (Phi) is 7.57. The van der Waals surface area contributed by atoms with Crippen molar-refractivity contribution >= 4 is 17.6 Å². The number of nitrogens with zero attached hydrogens (tertiary/aromatic N) is 2. The number of halogens is 5. The zero-order valence-electron chi connectivity index (χ0n) is 23.2. The first kappa shape index (κ1) is 29.3. The fourth-order valence-corrected chi connectivity index (χ4v) is 7.16. The number of anilines is 1. The second kappa shape index (κ2) is 10.6. The molecule has 1 saturated carbocycles. The van der Waals surface area contributed by atoms with Crippen LogP contribution in [0.1, 0.15) is 62.6 Å². The molecule has 2 aliphatic heterocycles. The van der Waals surface area contributed by atoms with Crippen LogP contribution in [0.5, 0.6) is 0 Å². The molecule has 5 rings (SSSR count). The van der Waals surface area contributed by atoms with Crippen LogP contribution in [0, 0.1) is 17.7 Å². The Labute approximate surface area is 236 Å². The van der Waals surface area contributed by atoms with Crippen molar-refractivity contribution in [2.24, 2.45) is 11.8 Å². The molecule has 0 aromatic heterocycles. The number of benzene rings is 2. The molecular weight excluding hydrogens is 543 g/mol. The van der Waals surface area contributed by atoms with Gasteiger partial charge in [0, 0.05) is 42.2 Å². The SMILES string of the molecule is CCN1CC2N(C(=O)[C@H]3CC[C@H](C(=O)O)CC3)CCC2(Cc2ccc(F)cc2)c2ccc(C(C)(F)C(F)(F)F)cc21. The second-order valence-corrected chi connectivity index (χ2v) is 11.9. The van der Waals surface area contributed by atoms with Crippen molar-refractivity contribution in [3.63, 3.8) is 0 Å². The number of fused-ring (bicyclic) bond motifs is 3. The summed E-state index contributed by atoms with van der Waals surface area (Å²) in [6.07, 6.45) is -2.23. The number of rotatable bonds is 6. The van der Waals surface area contributed by atoms with E-state index in [-0.39, 0.29) is 23.7 Å². The summed E-state index contributed by atoms with van der Waals surface area (Å²) in [6.45, 7) is 3.64. The molecule has 0 radical (unpaired) electrons. The molecule has 1 aliphatic carbocycles. The molecule has 222 valence electrons. The zero-order valence-corrected chi connectivity index (χ0v) is 23.2. The lowest BCUT2D eigenvalue weighted by Crippen LogP contribution is -2.57. The molecule has 3 atom stereocenters. The molecule has 0 bridgehead atoms. The Morgan fingerprint density at radius 1 is 1.00 bits per heavy atom. The van der Waals surface area contributed by atoms with E-state index in [1.165, 1.54) is 24.3 Å². The highest BCUT2D eigenvalue weighted by Gasteiger charge is 2.57. The van der Waals surface area contributed by atoms with Gasteiger partial charge in [0.25, 0.3) is 0 Å². The van der Waals surface area contributed by atoms with Crippen LogP contribution in [-0.2, 0) is 27.1 Å². The van der Waals surface area contributed by atoms with Gasteiger partial charge in [-0.25, -0.2) is 8.78 Å². The van der Waals surface area contributed by atoms with Crippen molar-refractivity contribution in [2.75, 3.05) is 24.5 Å². The summed E-state index contributed by atoms with van der Waals surface area (Å²) in [5, 5.41) is 9.37. The highest BCUT2D eigenvalue weighted by atomic mass is 19.4. The third-order valence-corrected chi connectivity index (χ3v) is 9.68. The van der Waals surface area contributed by atoms with E-state index in [1.807, 2.05) is 16.7 Å². The van der Waals surface area contributed by atoms with Crippen molar-refractivity contribution in [1.29, 1.82) is 0 Å². The van der Waals surface area contributed by atoms with Crippen LogP contribution in [-0.4, -0.2) is 53.7 Å². The minimum Gasteiger partial charge on any atom is -0.481 e. The summed E-state index contributed by atoms with van der Waals surface area (Å²) in [5.41, 5.74) is -2.57. The van der Waals surface area contributed by atoms with Crippen LogP contribution in [0.4, 0.5) is 27.6 Å². The van der Waals surface area contributed by atoms with Gasteiger partial charge in [-0.1, -0.05) is 24.3 Å². The highest BCUT2D eigenvalue weighted by molar-refractivity contribution is 5.81. The summed E-state index contributed by atoms with van der Waals surface area (Å²) >= 11 is 0. The first-order valence-corrected chi connectivity index (χ1v) is 14.2. The summed E-state index contributed by atoms with van der Waals surface area (Å²) in [4.78, 5) is 29.1. The lowest BCUT2D eigenvalue weighted by Gasteiger charge is -2.49. The molecule has 3 unspecified atom stereocenters. The van der Waals surface area contributed by atoms with Gasteiger partial charge < -0.3 is 14.9 Å². The number of carbonyl (C=O) groups excluding carboxylic acids is 1. The summed E-state index contributed by atoms with van der Waals surface area (Å²) < 4.78 is 69.7. The van der Waals surface area contributed by atoms with E-state index in [2.05, 4.69) is 0 Å². The van der Waals surface area contributed by atoms with Crippen LogP contribution in [0.25, 0.3) is 0 Å². The van der Waals surface area contributed by atoms with Crippen molar-refractivity contribution in [3.05, 3.63) is 65.0 Å². The maximum absolute atomic E-state index is 15.1. The number of carbonyl (C=O) groups is 2. The van der Waals surface area contributed by atoms with Crippen LogP contribution >= 0.6 is 0 Å². The van der Waals surface area contributed by atoms with Crippen molar-refractivity contribution in [1.82, 2.24) is 4.90 Å². The van der Waals surface area contributed by atoms with Gasteiger partial charge in [-0.3, -0.25) is 9.59 Å². The lowest BCUT2D eigenvalue weighted by molar-refractivity contribution is -0.228. The standard InChI is InChI=1S/C31H35F5N2O3/c1-3-37-18-26-30(17-19-4-11-23(32)12-5-19,24-13-10-22(16-25(24)37)29(2,33)31(34,35)36)14-15-38(26)27(39)20-6-8-21(9-7-20)28(40)41/h4-5,10-13,16,20-21,26H,3,6-9,14-15,17-18H2,1-2H3,(H,40,41)/t20-,21-,26?,29?,30?. The number of amides is 1. The van der Waals surface area contributed by atoms with Crippen molar-refractivity contribution < 1.29 is 36.6 Å². The number of alkyl halides is 4. The Morgan fingerprint density at radius 2 is 1.63 bits per heavy atom. The maximum Gasteiger partial charge on any atom is 0.426 e. The molecule has 2 fully saturated rings. The summed E-state index contributed by atoms with van der Waals surface area (Å²) in [5.74, 6) is -1.98. The average Bonchev–Trinajstić information content (AvgIpc) is 3.31. The minimum absolute atomic E-state index is 0.0238. The van der Waals surface area contributed by atoms with Crippen molar-refractivity contribution in [2.45, 2.75) is 75.7 Å². The average molecular weight is 579 g/mol. The third kappa shape index (κ3) is 5.07. The number of hydrogen-bond donors (Lipinski definition) is 1. The third-order valence-electron chi connectivity index (χ3n) is 9.68. The molecule has 1 N–H and O–H groups in total. The molecule has 2 heterocycles. The van der Waals surface area contributed by atoms with E-state index in [0.29, 0.717) is 70.8 Å². The molecule has 41 heavy (non-hydrogen) atoms. The van der Waals surface area contributed by atoms with Crippen LogP contribution in [0.2, 0.25) is 0 Å². The van der Waals surface area contributed by atoms with Gasteiger partial charge in [0.15, 0.2) is 0 Å². The quantitative estimate of drug-likeness (QED) is 0.404. The number of aliphatic carboxylic acids is 1. The predicted octanol–water partition coefficient (Wildman–Crippen LogP) is 6.39. The molecule has 2 aromatic carbocycles. The minimum atomic E-state index is -5.09. The van der Waals surface area contributed by atoms with Gasteiger partial charge in [-0.15, -0.1) is 0 Å². The van der Waals surface area contributed by atoms with E-state index in [0.717, 1.165) is 11.1 Å². The van der Waals surface area contributed by atoms with E-state index in [9.17, 15) is 32.3 Å². The topological polar surface area (TPSA) is 60.9 Å². The molecule has 10 heteroatoms. The lowest BCUT2D eigenvalue weighted by atomic mass is 9.66. The predicted molar refractivity (Wildman–Crippen MR) is 144 cm³/mol. The molecular formula is C31H35F5N2O3. The van der Waals surface area contributed by atoms with Gasteiger partial charge in [-0.05, 0) is 81.7 Å². The Balaban J connectivity index is 1.55. The van der Waals surface area contributed by atoms with Gasteiger partial charge in [0.2, 0.25) is 11.6 Å². The first-order valence-electron chi connectivity index (χ1n) is 14.2. The zero-order chi connectivity index (χ0) is 29.7.